The van der Waals surface area contributed by atoms with E-state index < -0.39 is 45.9 Å². The highest BCUT2D eigenvalue weighted by Gasteiger charge is 2.73. The summed E-state index contributed by atoms with van der Waals surface area (Å²) < 4.78 is 6.15. The summed E-state index contributed by atoms with van der Waals surface area (Å²) in [6.07, 6.45) is 9.39. The predicted octanol–water partition coefficient (Wildman–Crippen LogP) is 2.60. The van der Waals surface area contributed by atoms with Gasteiger partial charge in [-0.3, -0.25) is 4.79 Å². The van der Waals surface area contributed by atoms with Crippen LogP contribution in [0.15, 0.2) is 35.2 Å². The molecule has 3 saturated carbocycles. The molecule has 0 bridgehead atoms. The Morgan fingerprint density at radius 1 is 1.05 bits per heavy atom. The van der Waals surface area contributed by atoms with Gasteiger partial charge in [0.15, 0.2) is 5.78 Å². The number of hydrogen-bond acceptors (Lipinski definition) is 9. The second-order valence-electron chi connectivity index (χ2n) is 16.3. The second kappa shape index (κ2) is 10.4. The van der Waals surface area contributed by atoms with Gasteiger partial charge >= 0.3 is 0 Å². The Hall–Kier alpha value is -1.75. The molecule has 8 N–H and O–H groups in total. The maximum atomic E-state index is 13.5. The summed E-state index contributed by atoms with van der Waals surface area (Å²) in [5, 5.41) is 60.7. The average Bonchev–Trinajstić information content (AvgIpc) is 3.73. The third-order valence-corrected chi connectivity index (χ3v) is 13.9. The van der Waals surface area contributed by atoms with Gasteiger partial charge in [-0.1, -0.05) is 26.8 Å². The number of rotatable bonds is 8. The number of nitrogens with one attached hydrogen (secondary N) is 1. The van der Waals surface area contributed by atoms with Crippen molar-refractivity contribution in [2.24, 2.45) is 39.7 Å². The van der Waals surface area contributed by atoms with Gasteiger partial charge in [-0.2, -0.15) is 0 Å². The molecule has 2 heterocycles. The summed E-state index contributed by atoms with van der Waals surface area (Å²) in [7, 11) is 0. The topological polar surface area (TPSA) is 169 Å². The van der Waals surface area contributed by atoms with E-state index in [4.69, 9.17) is 10.5 Å². The van der Waals surface area contributed by atoms with Crippen LogP contribution in [0.25, 0.3) is 0 Å². The zero-order valence-electron chi connectivity index (χ0n) is 27.1. The normalized spacial score (nSPS) is 45.6. The fraction of sp³-hybridized carbons (Fsp3) is 0.800. The lowest BCUT2D eigenvalue weighted by molar-refractivity contribution is -0.152. The van der Waals surface area contributed by atoms with Crippen LogP contribution < -0.4 is 11.1 Å². The minimum absolute atomic E-state index is 0.00809. The smallest absolute Gasteiger partial charge is 0.159 e. The van der Waals surface area contributed by atoms with Crippen LogP contribution in [0.5, 0.6) is 0 Å². The second-order valence-corrected chi connectivity index (χ2v) is 16.3. The number of carbonyl (C=O) groups is 1. The van der Waals surface area contributed by atoms with Crippen LogP contribution in [0.3, 0.4) is 0 Å². The first-order valence-electron chi connectivity index (χ1n) is 16.7. The number of hydrogen-bond donors (Lipinski definition) is 7. The van der Waals surface area contributed by atoms with Crippen molar-refractivity contribution >= 4 is 5.78 Å². The molecule has 4 aliphatic carbocycles. The largest absolute Gasteiger partial charge is 0.396 e. The fourth-order valence-electron chi connectivity index (χ4n) is 10.5. The molecule has 0 aromatic heterocycles. The number of fused-ring (bicyclic) bond motifs is 5. The minimum atomic E-state index is -1.43. The average molecular weight is 615 g/mol. The van der Waals surface area contributed by atoms with Crippen LogP contribution in [0.1, 0.15) is 92.4 Å². The molecular formula is C35H54N2O7. The lowest BCUT2D eigenvalue weighted by Crippen LogP contribution is -2.61. The van der Waals surface area contributed by atoms with Gasteiger partial charge in [0, 0.05) is 23.3 Å². The molecular weight excluding hydrogens is 560 g/mol. The van der Waals surface area contributed by atoms with E-state index in [1.165, 1.54) is 0 Å². The highest BCUT2D eigenvalue weighted by molar-refractivity contribution is 5.95. The quantitative estimate of drug-likeness (QED) is 0.203. The van der Waals surface area contributed by atoms with Crippen molar-refractivity contribution in [3.63, 3.8) is 0 Å². The van der Waals surface area contributed by atoms with Gasteiger partial charge in [0.1, 0.15) is 12.2 Å². The minimum Gasteiger partial charge on any atom is -0.396 e. The number of nitrogens with two attached hydrogens (primary N) is 1. The lowest BCUT2D eigenvalue weighted by Gasteiger charge is -2.60. The van der Waals surface area contributed by atoms with Crippen LogP contribution >= 0.6 is 0 Å². The number of allylic oxidation sites excluding steroid dienone is 3. The van der Waals surface area contributed by atoms with Crippen LogP contribution in [-0.4, -0.2) is 79.6 Å². The maximum Gasteiger partial charge on any atom is 0.159 e. The molecule has 0 radical (unpaired) electrons. The summed E-state index contributed by atoms with van der Waals surface area (Å²) >= 11 is 0. The van der Waals surface area contributed by atoms with Gasteiger partial charge in [0.05, 0.1) is 35.3 Å². The number of ether oxygens (including phenoxy) is 1. The number of carbonyl (C=O) groups excluding carboxylic acids is 1. The first-order chi connectivity index (χ1) is 20.4. The Morgan fingerprint density at radius 3 is 2.45 bits per heavy atom. The van der Waals surface area contributed by atoms with Crippen molar-refractivity contribution in [1.82, 2.24) is 5.32 Å². The Balaban J connectivity index is 1.22. The molecule has 0 spiro atoms. The number of aliphatic hydroxyl groups excluding tert-OH is 2. The standard InChI is InChI=1S/C35H54N2O7/c1-30(19-38,11-6-20-10-15-37-27(36)16-20)34(5,42)29-28(44-29)33(4,41)26-9-14-35(43)23-18-25(40)24-17-21(39)7-12-31(24,2)22(23)8-13-32(26,35)3/h10,16,18,21-22,24,26,28-29,37-39,41-43H,6-9,11-15,17,19,36H2,1-5H3/t21-,22-,24-,26-,28-,29-,30-,31+,32+,33+,34-,35+/m0/s1. The van der Waals surface area contributed by atoms with Crippen LogP contribution in [0.2, 0.25) is 0 Å². The van der Waals surface area contributed by atoms with Crippen molar-refractivity contribution in [3.05, 3.63) is 35.2 Å². The molecule has 2 aliphatic heterocycles. The van der Waals surface area contributed by atoms with Crippen molar-refractivity contribution in [1.29, 1.82) is 0 Å². The summed E-state index contributed by atoms with van der Waals surface area (Å²) in [5.41, 5.74) is 1.91. The van der Waals surface area contributed by atoms with Gasteiger partial charge in [-0.15, -0.1) is 0 Å². The molecule has 0 unspecified atom stereocenters. The van der Waals surface area contributed by atoms with E-state index in [-0.39, 0.29) is 35.6 Å². The fourth-order valence-corrected chi connectivity index (χ4v) is 10.5. The first kappa shape index (κ1) is 32.2. The van der Waals surface area contributed by atoms with Crippen molar-refractivity contribution < 1.29 is 35.1 Å². The van der Waals surface area contributed by atoms with Gasteiger partial charge in [0.25, 0.3) is 0 Å². The van der Waals surface area contributed by atoms with E-state index in [0.717, 1.165) is 24.0 Å². The number of epoxide rings is 1. The molecule has 9 nitrogen and oxygen atoms in total. The summed E-state index contributed by atoms with van der Waals surface area (Å²) in [4.78, 5) is 13.5. The SMILES string of the molecule is C[C@@](O)([C@H]1CC[C@@]2(O)C3=CC(=O)[C@@H]4C[C@@H](O)CC[C@]4(C)[C@H]3CC[C@]12C)[C@H]1O[C@@H]1[C@](C)(O)[C@](C)(CO)CCC1=CCNC(N)=C1. The van der Waals surface area contributed by atoms with E-state index in [1.54, 1.807) is 19.9 Å². The highest BCUT2D eigenvalue weighted by atomic mass is 16.6. The third-order valence-electron chi connectivity index (χ3n) is 13.9. The van der Waals surface area contributed by atoms with Crippen LogP contribution in [-0.2, 0) is 9.53 Å². The zero-order valence-corrected chi connectivity index (χ0v) is 27.1. The number of ketones is 1. The molecule has 246 valence electrons. The van der Waals surface area contributed by atoms with E-state index in [1.807, 2.05) is 19.1 Å². The zero-order chi connectivity index (χ0) is 32.1. The number of aliphatic hydroxyl groups is 5. The van der Waals surface area contributed by atoms with Crippen molar-refractivity contribution in [2.75, 3.05) is 13.2 Å². The highest BCUT2D eigenvalue weighted by Crippen LogP contribution is 2.69. The van der Waals surface area contributed by atoms with Crippen LogP contribution in [0.4, 0.5) is 0 Å². The van der Waals surface area contributed by atoms with Gasteiger partial charge in [0.2, 0.25) is 0 Å². The molecule has 4 fully saturated rings. The molecule has 9 heteroatoms. The third kappa shape index (κ3) is 4.51. The Bertz CT molecular complexity index is 1290. The first-order valence-corrected chi connectivity index (χ1v) is 16.7. The Morgan fingerprint density at radius 2 is 1.77 bits per heavy atom. The Kier molecular flexibility index (Phi) is 7.59. The van der Waals surface area contributed by atoms with Crippen molar-refractivity contribution in [3.8, 4) is 0 Å². The molecule has 44 heavy (non-hydrogen) atoms. The molecule has 1 saturated heterocycles. The van der Waals surface area contributed by atoms with Gasteiger partial charge < -0.3 is 41.3 Å². The number of dihydropyridines is 1. The van der Waals surface area contributed by atoms with Gasteiger partial charge in [-0.25, -0.2) is 0 Å². The Labute approximate surface area is 261 Å². The van der Waals surface area contributed by atoms with Crippen molar-refractivity contribution in [2.45, 2.75) is 128 Å². The molecule has 6 aliphatic rings. The summed E-state index contributed by atoms with van der Waals surface area (Å²) in [6, 6.07) is 0. The molecule has 0 aromatic rings. The van der Waals surface area contributed by atoms with E-state index in [9.17, 15) is 30.3 Å². The molecule has 12 atom stereocenters. The molecule has 0 amide bonds. The van der Waals surface area contributed by atoms with E-state index in [2.05, 4.69) is 19.2 Å². The molecule has 0 aromatic carbocycles. The van der Waals surface area contributed by atoms with Crippen LogP contribution in [0, 0.1) is 34.0 Å². The molecule has 6 rings (SSSR count). The predicted molar refractivity (Wildman–Crippen MR) is 166 cm³/mol. The van der Waals surface area contributed by atoms with Gasteiger partial charge in [-0.05, 0) is 112 Å². The van der Waals surface area contributed by atoms with E-state index in [0.29, 0.717) is 57.3 Å². The maximum absolute atomic E-state index is 13.5. The summed E-state index contributed by atoms with van der Waals surface area (Å²) in [5.74, 6) is 0.121. The monoisotopic (exact) mass is 614 g/mol. The van der Waals surface area contributed by atoms with E-state index >= 15 is 0 Å². The summed E-state index contributed by atoms with van der Waals surface area (Å²) in [6.45, 7) is 9.94. The lowest BCUT2D eigenvalue weighted by atomic mass is 9.46.